The third-order valence-corrected chi connectivity index (χ3v) is 8.35. The molecule has 38 heavy (non-hydrogen) atoms. The van der Waals surface area contributed by atoms with Crippen LogP contribution in [0.25, 0.3) is 11.1 Å². The number of hydrogen-bond donors (Lipinski definition) is 3. The molecule has 0 aliphatic heterocycles. The Morgan fingerprint density at radius 1 is 0.974 bits per heavy atom. The van der Waals surface area contributed by atoms with Crippen molar-refractivity contribution in [3.63, 3.8) is 0 Å². The zero-order valence-corrected chi connectivity index (χ0v) is 23.2. The summed E-state index contributed by atoms with van der Waals surface area (Å²) in [5.41, 5.74) is 6.27. The first-order valence-corrected chi connectivity index (χ1v) is 14.4. The Balaban J connectivity index is 1.70. The average molecular weight is 544 g/mol. The molecule has 1 saturated carbocycles. The number of carbonyl (C=O) groups is 3. The van der Waals surface area contributed by atoms with E-state index in [9.17, 15) is 22.8 Å². The van der Waals surface area contributed by atoms with Crippen molar-refractivity contribution in [3.8, 4) is 11.1 Å². The van der Waals surface area contributed by atoms with Crippen LogP contribution in [0.3, 0.4) is 0 Å². The van der Waals surface area contributed by atoms with Gasteiger partial charge in [-0.3, -0.25) is 9.59 Å². The standard InChI is InChI=1S/C28H37N3O6S/c1-5-38(35,36)22-14-12-21(13-15-22)20-10-8-19(9-11-20)18-23(24(29)32)30-25(33)28(16-6-7-17-28)31-26(34)37-27(2,3)4/h8-15,23H,5-7,16-18H2,1-4H3,(H2,29,32)(H,30,33)(H,31,34). The second kappa shape index (κ2) is 11.6. The van der Waals surface area contributed by atoms with Gasteiger partial charge in [0.25, 0.3) is 0 Å². The molecule has 1 aliphatic carbocycles. The number of amides is 3. The number of nitrogens with two attached hydrogens (primary N) is 1. The smallest absolute Gasteiger partial charge is 0.408 e. The quantitative estimate of drug-likeness (QED) is 0.441. The first-order chi connectivity index (χ1) is 17.7. The largest absolute Gasteiger partial charge is 0.444 e. The zero-order valence-electron chi connectivity index (χ0n) is 22.4. The number of ether oxygens (including phenoxy) is 1. The van der Waals surface area contributed by atoms with E-state index in [1.165, 1.54) is 0 Å². The molecule has 3 amide bonds. The van der Waals surface area contributed by atoms with E-state index in [2.05, 4.69) is 10.6 Å². The van der Waals surface area contributed by atoms with Crippen molar-refractivity contribution >= 4 is 27.7 Å². The Bertz CT molecular complexity index is 1260. The van der Waals surface area contributed by atoms with Gasteiger partial charge in [0, 0.05) is 6.42 Å². The van der Waals surface area contributed by atoms with Crippen LogP contribution in [0.5, 0.6) is 0 Å². The van der Waals surface area contributed by atoms with Gasteiger partial charge in [-0.1, -0.05) is 56.2 Å². The zero-order chi connectivity index (χ0) is 28.1. The van der Waals surface area contributed by atoms with Crippen LogP contribution in [0, 0.1) is 0 Å². The first-order valence-electron chi connectivity index (χ1n) is 12.8. The van der Waals surface area contributed by atoms with Crippen LogP contribution in [-0.2, 0) is 30.6 Å². The molecule has 0 bridgehead atoms. The van der Waals surface area contributed by atoms with Crippen LogP contribution in [0.1, 0.15) is 58.9 Å². The fourth-order valence-electron chi connectivity index (χ4n) is 4.50. The van der Waals surface area contributed by atoms with Gasteiger partial charge in [-0.15, -0.1) is 0 Å². The van der Waals surface area contributed by atoms with E-state index in [1.807, 2.05) is 24.3 Å². The van der Waals surface area contributed by atoms with E-state index in [4.69, 9.17) is 10.5 Å². The summed E-state index contributed by atoms with van der Waals surface area (Å²) >= 11 is 0. The van der Waals surface area contributed by atoms with Crippen LogP contribution in [-0.4, -0.2) is 49.3 Å². The Morgan fingerprint density at radius 3 is 1.97 bits per heavy atom. The van der Waals surface area contributed by atoms with Crippen molar-refractivity contribution in [2.75, 3.05) is 5.75 Å². The molecule has 0 saturated heterocycles. The molecule has 10 heteroatoms. The predicted octanol–water partition coefficient (Wildman–Crippen LogP) is 3.50. The number of rotatable bonds is 9. The van der Waals surface area contributed by atoms with E-state index in [0.29, 0.717) is 12.8 Å². The van der Waals surface area contributed by atoms with E-state index in [1.54, 1.807) is 52.0 Å². The van der Waals surface area contributed by atoms with Crippen LogP contribution in [0.4, 0.5) is 4.79 Å². The number of alkyl carbamates (subject to hydrolysis) is 1. The highest BCUT2D eigenvalue weighted by Gasteiger charge is 2.44. The molecule has 2 aromatic rings. The average Bonchev–Trinajstić information content (AvgIpc) is 3.32. The van der Waals surface area contributed by atoms with Crippen LogP contribution in [0.15, 0.2) is 53.4 Å². The van der Waals surface area contributed by atoms with Gasteiger partial charge in [-0.05, 0) is 62.4 Å². The third kappa shape index (κ3) is 7.34. The monoisotopic (exact) mass is 543 g/mol. The second-order valence-corrected chi connectivity index (χ2v) is 13.0. The number of nitrogens with one attached hydrogen (secondary N) is 2. The van der Waals surface area contributed by atoms with Gasteiger partial charge in [-0.2, -0.15) is 0 Å². The van der Waals surface area contributed by atoms with Crippen LogP contribution in [0.2, 0.25) is 0 Å². The van der Waals surface area contributed by atoms with E-state index < -0.39 is 44.9 Å². The maximum Gasteiger partial charge on any atom is 0.408 e. The van der Waals surface area contributed by atoms with Crippen molar-refractivity contribution in [3.05, 3.63) is 54.1 Å². The molecule has 1 fully saturated rings. The van der Waals surface area contributed by atoms with E-state index >= 15 is 0 Å². The molecule has 9 nitrogen and oxygen atoms in total. The minimum absolute atomic E-state index is 0.0385. The molecule has 0 heterocycles. The Labute approximate surface area is 224 Å². The van der Waals surface area contributed by atoms with Crippen molar-refractivity contribution in [1.29, 1.82) is 0 Å². The number of hydrogen-bond acceptors (Lipinski definition) is 6. The van der Waals surface area contributed by atoms with Gasteiger partial charge in [0.1, 0.15) is 17.2 Å². The highest BCUT2D eigenvalue weighted by Crippen LogP contribution is 2.31. The number of carbonyl (C=O) groups excluding carboxylic acids is 3. The lowest BCUT2D eigenvalue weighted by molar-refractivity contribution is -0.131. The molecule has 1 unspecified atom stereocenters. The minimum atomic E-state index is -3.27. The lowest BCUT2D eigenvalue weighted by atomic mass is 9.95. The summed E-state index contributed by atoms with van der Waals surface area (Å²) in [5, 5.41) is 5.48. The fourth-order valence-corrected chi connectivity index (χ4v) is 5.38. The summed E-state index contributed by atoms with van der Waals surface area (Å²) in [6, 6.07) is 13.1. The Morgan fingerprint density at radius 2 is 1.50 bits per heavy atom. The van der Waals surface area contributed by atoms with Gasteiger partial charge in [0.05, 0.1) is 10.6 Å². The normalized spacial score (nSPS) is 15.9. The summed E-state index contributed by atoms with van der Waals surface area (Å²) in [7, 11) is -3.27. The highest BCUT2D eigenvalue weighted by atomic mass is 32.2. The first kappa shape index (κ1) is 29.2. The molecule has 0 aromatic heterocycles. The van der Waals surface area contributed by atoms with E-state index in [0.717, 1.165) is 29.5 Å². The van der Waals surface area contributed by atoms with Crippen molar-refractivity contribution in [1.82, 2.24) is 10.6 Å². The third-order valence-electron chi connectivity index (χ3n) is 6.60. The van der Waals surface area contributed by atoms with Gasteiger partial charge < -0.3 is 21.1 Å². The van der Waals surface area contributed by atoms with Gasteiger partial charge in [-0.25, -0.2) is 13.2 Å². The second-order valence-electron chi connectivity index (χ2n) is 10.7. The molecular weight excluding hydrogens is 506 g/mol. The number of primary amides is 1. The topological polar surface area (TPSA) is 145 Å². The molecule has 4 N–H and O–H groups in total. The van der Waals surface area contributed by atoms with Crippen molar-refractivity contribution in [2.45, 2.75) is 81.9 Å². The molecule has 206 valence electrons. The van der Waals surface area contributed by atoms with Crippen LogP contribution < -0.4 is 16.4 Å². The fraction of sp³-hybridized carbons (Fsp3) is 0.464. The van der Waals surface area contributed by atoms with Crippen molar-refractivity contribution in [2.24, 2.45) is 5.73 Å². The number of sulfone groups is 1. The Kier molecular flexibility index (Phi) is 8.86. The van der Waals surface area contributed by atoms with Gasteiger partial charge in [0.2, 0.25) is 11.8 Å². The maximum atomic E-state index is 13.3. The van der Waals surface area contributed by atoms with E-state index in [-0.39, 0.29) is 17.1 Å². The summed E-state index contributed by atoms with van der Waals surface area (Å²) in [6.45, 7) is 6.84. The number of benzene rings is 2. The molecule has 1 atom stereocenters. The summed E-state index contributed by atoms with van der Waals surface area (Å²) in [6.07, 6.45) is 1.90. The summed E-state index contributed by atoms with van der Waals surface area (Å²) in [4.78, 5) is 38.3. The SMILES string of the molecule is CCS(=O)(=O)c1ccc(-c2ccc(CC(NC(=O)C3(NC(=O)OC(C)(C)C)CCCC3)C(N)=O)cc2)cc1. The highest BCUT2D eigenvalue weighted by molar-refractivity contribution is 7.91. The van der Waals surface area contributed by atoms with Gasteiger partial charge >= 0.3 is 6.09 Å². The summed E-state index contributed by atoms with van der Waals surface area (Å²) in [5.74, 6) is -1.10. The lowest BCUT2D eigenvalue weighted by Crippen LogP contribution is -2.61. The maximum absolute atomic E-state index is 13.3. The minimum Gasteiger partial charge on any atom is -0.444 e. The Hall–Kier alpha value is -3.40. The molecule has 1 aliphatic rings. The molecule has 0 spiro atoms. The van der Waals surface area contributed by atoms with Gasteiger partial charge in [0.15, 0.2) is 9.84 Å². The molecule has 3 rings (SSSR count). The molecule has 2 aromatic carbocycles. The molecular formula is C28H37N3O6S. The van der Waals surface area contributed by atoms with Crippen molar-refractivity contribution < 1.29 is 27.5 Å². The summed E-state index contributed by atoms with van der Waals surface area (Å²) < 4.78 is 29.4. The molecule has 0 radical (unpaired) electrons. The lowest BCUT2D eigenvalue weighted by Gasteiger charge is -2.31. The predicted molar refractivity (Wildman–Crippen MR) is 145 cm³/mol. The van der Waals surface area contributed by atoms with Crippen LogP contribution >= 0.6 is 0 Å².